The molecule has 3 nitrogen and oxygen atoms in total. The van der Waals surface area contributed by atoms with E-state index in [9.17, 15) is 9.18 Å². The molecule has 5 heteroatoms. The Morgan fingerprint density at radius 2 is 2.33 bits per heavy atom. The van der Waals surface area contributed by atoms with Crippen LogP contribution in [0.3, 0.4) is 0 Å². The second-order valence-electron chi connectivity index (χ2n) is 2.95. The molecule has 2 aromatic rings. The number of fused-ring (bicyclic) bond motifs is 1. The highest BCUT2D eigenvalue weighted by Gasteiger charge is 2.08. The van der Waals surface area contributed by atoms with Gasteiger partial charge in [-0.15, -0.1) is 11.6 Å². The van der Waals surface area contributed by atoms with Crippen LogP contribution in [-0.4, -0.2) is 16.8 Å². The summed E-state index contributed by atoms with van der Waals surface area (Å²) in [5.74, 6) is -1.17. The molecule has 0 atom stereocenters. The second kappa shape index (κ2) is 3.90. The van der Waals surface area contributed by atoms with Crippen molar-refractivity contribution >= 4 is 28.5 Å². The van der Waals surface area contributed by atoms with E-state index >= 15 is 0 Å². The number of ether oxygens (including phenoxy) is 1. The molecule has 0 radical (unpaired) electrons. The minimum Gasteiger partial charge on any atom is -0.426 e. The van der Waals surface area contributed by atoms with Gasteiger partial charge in [0.25, 0.3) is 0 Å². The molecule has 78 valence electrons. The second-order valence-corrected chi connectivity index (χ2v) is 3.22. The molecule has 0 amide bonds. The zero-order valence-corrected chi connectivity index (χ0v) is 8.34. The van der Waals surface area contributed by atoms with Crippen molar-refractivity contribution in [2.45, 2.75) is 0 Å². The SMILES string of the molecule is O=C(CCl)Oc1cc(F)c2[nH]ccc2c1. The van der Waals surface area contributed by atoms with Crippen LogP contribution < -0.4 is 4.74 Å². The number of hydrogen-bond acceptors (Lipinski definition) is 2. The maximum absolute atomic E-state index is 13.4. The fraction of sp³-hybridized carbons (Fsp3) is 0.100. The Labute approximate surface area is 89.8 Å². The molecular weight excluding hydrogens is 221 g/mol. The molecule has 0 aliphatic heterocycles. The standard InChI is InChI=1S/C10H7ClFNO2/c11-5-9(14)15-7-3-6-1-2-13-10(6)8(12)4-7/h1-4,13H,5H2. The molecule has 1 aromatic heterocycles. The van der Waals surface area contributed by atoms with Gasteiger partial charge < -0.3 is 9.72 Å². The van der Waals surface area contributed by atoms with Crippen LogP contribution in [0.5, 0.6) is 5.75 Å². The third-order valence-corrected chi connectivity index (χ3v) is 2.14. The molecule has 0 saturated heterocycles. The summed E-state index contributed by atoms with van der Waals surface area (Å²) in [4.78, 5) is 13.6. The van der Waals surface area contributed by atoms with E-state index in [1.54, 1.807) is 18.3 Å². The Kier molecular flexibility index (Phi) is 2.60. The van der Waals surface area contributed by atoms with Crippen LogP contribution in [0, 0.1) is 5.82 Å². The van der Waals surface area contributed by atoms with E-state index in [4.69, 9.17) is 16.3 Å². The number of benzene rings is 1. The Bertz CT molecular complexity index is 509. The van der Waals surface area contributed by atoms with Gasteiger partial charge in [0, 0.05) is 17.6 Å². The Balaban J connectivity index is 2.40. The molecule has 1 N–H and O–H groups in total. The smallest absolute Gasteiger partial charge is 0.326 e. The summed E-state index contributed by atoms with van der Waals surface area (Å²) in [6.07, 6.45) is 1.61. The normalized spacial score (nSPS) is 10.5. The van der Waals surface area contributed by atoms with Crippen LogP contribution in [0.4, 0.5) is 4.39 Å². The Morgan fingerprint density at radius 1 is 1.53 bits per heavy atom. The quantitative estimate of drug-likeness (QED) is 0.487. The largest absolute Gasteiger partial charge is 0.426 e. The van der Waals surface area contributed by atoms with Gasteiger partial charge in [-0.1, -0.05) is 0 Å². The first-order valence-electron chi connectivity index (χ1n) is 4.24. The molecule has 1 heterocycles. The molecule has 0 unspecified atom stereocenters. The zero-order valence-electron chi connectivity index (χ0n) is 7.59. The first-order chi connectivity index (χ1) is 7.20. The molecule has 0 spiro atoms. The predicted molar refractivity (Wildman–Crippen MR) is 54.6 cm³/mol. The highest BCUT2D eigenvalue weighted by atomic mass is 35.5. The van der Waals surface area contributed by atoms with E-state index in [1.165, 1.54) is 0 Å². The van der Waals surface area contributed by atoms with Gasteiger partial charge in [-0.05, 0) is 12.1 Å². The number of esters is 1. The van der Waals surface area contributed by atoms with E-state index in [0.29, 0.717) is 10.9 Å². The number of hydrogen-bond donors (Lipinski definition) is 1. The first-order valence-corrected chi connectivity index (χ1v) is 4.77. The highest BCUT2D eigenvalue weighted by molar-refractivity contribution is 6.26. The third-order valence-electron chi connectivity index (χ3n) is 1.93. The molecule has 0 fully saturated rings. The minimum absolute atomic E-state index is 0.158. The zero-order chi connectivity index (χ0) is 10.8. The van der Waals surface area contributed by atoms with Crippen LogP contribution in [0.25, 0.3) is 10.9 Å². The van der Waals surface area contributed by atoms with Crippen molar-refractivity contribution in [3.63, 3.8) is 0 Å². The van der Waals surface area contributed by atoms with Crippen LogP contribution in [0.2, 0.25) is 0 Å². The average molecular weight is 228 g/mol. The molecule has 15 heavy (non-hydrogen) atoms. The number of nitrogens with one attached hydrogen (secondary N) is 1. The van der Waals surface area contributed by atoms with E-state index in [-0.39, 0.29) is 11.6 Å². The van der Waals surface area contributed by atoms with E-state index < -0.39 is 11.8 Å². The van der Waals surface area contributed by atoms with E-state index in [1.807, 2.05) is 0 Å². The molecule has 0 saturated carbocycles. The summed E-state index contributed by atoms with van der Waals surface area (Å²) < 4.78 is 18.2. The third kappa shape index (κ3) is 1.94. The number of alkyl halides is 1. The summed E-state index contributed by atoms with van der Waals surface area (Å²) in [5.41, 5.74) is 0.390. The van der Waals surface area contributed by atoms with Crippen molar-refractivity contribution < 1.29 is 13.9 Å². The van der Waals surface area contributed by atoms with Crippen molar-refractivity contribution in [3.8, 4) is 5.75 Å². The van der Waals surface area contributed by atoms with Crippen molar-refractivity contribution in [3.05, 3.63) is 30.2 Å². The van der Waals surface area contributed by atoms with Crippen LogP contribution in [0.1, 0.15) is 0 Å². The number of carbonyl (C=O) groups excluding carboxylic acids is 1. The summed E-state index contributed by atoms with van der Waals surface area (Å²) in [6, 6.07) is 4.40. The molecule has 1 aromatic carbocycles. The van der Waals surface area contributed by atoms with Crippen LogP contribution in [-0.2, 0) is 4.79 Å². The predicted octanol–water partition coefficient (Wildman–Crippen LogP) is 2.45. The number of H-pyrrole nitrogens is 1. The topological polar surface area (TPSA) is 42.1 Å². The number of carbonyl (C=O) groups is 1. The van der Waals surface area contributed by atoms with Gasteiger partial charge in [0.15, 0.2) is 5.82 Å². The Hall–Kier alpha value is -1.55. The minimum atomic E-state index is -0.606. The van der Waals surface area contributed by atoms with Gasteiger partial charge >= 0.3 is 5.97 Å². The lowest BCUT2D eigenvalue weighted by atomic mass is 10.2. The maximum Gasteiger partial charge on any atom is 0.326 e. The van der Waals surface area contributed by atoms with Gasteiger partial charge in [-0.2, -0.15) is 0 Å². The highest BCUT2D eigenvalue weighted by Crippen LogP contribution is 2.23. The van der Waals surface area contributed by atoms with Crippen molar-refractivity contribution in [2.24, 2.45) is 0 Å². The molecule has 0 aliphatic carbocycles. The van der Waals surface area contributed by atoms with Crippen LogP contribution >= 0.6 is 11.6 Å². The lowest BCUT2D eigenvalue weighted by molar-refractivity contribution is -0.131. The number of halogens is 2. The first kappa shape index (κ1) is 9.98. The van der Waals surface area contributed by atoms with Gasteiger partial charge in [-0.25, -0.2) is 4.39 Å². The van der Waals surface area contributed by atoms with Crippen molar-refractivity contribution in [2.75, 3.05) is 5.88 Å². The fourth-order valence-electron chi connectivity index (χ4n) is 1.32. The Morgan fingerprint density at radius 3 is 3.07 bits per heavy atom. The number of aromatic nitrogens is 1. The van der Waals surface area contributed by atoms with Crippen molar-refractivity contribution in [1.82, 2.24) is 4.98 Å². The fourth-order valence-corrected chi connectivity index (χ4v) is 1.37. The average Bonchev–Trinajstić information content (AvgIpc) is 2.66. The van der Waals surface area contributed by atoms with Crippen molar-refractivity contribution in [1.29, 1.82) is 0 Å². The number of aromatic amines is 1. The molecular formula is C10H7ClFNO2. The summed E-state index contributed by atoms with van der Waals surface area (Å²) in [7, 11) is 0. The molecule has 0 aliphatic rings. The monoisotopic (exact) mass is 227 g/mol. The lowest BCUT2D eigenvalue weighted by Gasteiger charge is -2.02. The maximum atomic E-state index is 13.4. The number of rotatable bonds is 2. The summed E-state index contributed by atoms with van der Waals surface area (Å²) >= 11 is 5.26. The lowest BCUT2D eigenvalue weighted by Crippen LogP contribution is -2.08. The van der Waals surface area contributed by atoms with Crippen LogP contribution in [0.15, 0.2) is 24.4 Å². The van der Waals surface area contributed by atoms with E-state index in [0.717, 1.165) is 6.07 Å². The van der Waals surface area contributed by atoms with Gasteiger partial charge in [-0.3, -0.25) is 4.79 Å². The molecule has 2 rings (SSSR count). The summed E-state index contributed by atoms with van der Waals surface area (Å²) in [6.45, 7) is 0. The molecule has 0 bridgehead atoms. The van der Waals surface area contributed by atoms with Gasteiger partial charge in [0.05, 0.1) is 5.52 Å². The van der Waals surface area contributed by atoms with E-state index in [2.05, 4.69) is 4.98 Å². The van der Waals surface area contributed by atoms with Gasteiger partial charge in [0.1, 0.15) is 11.6 Å². The summed E-state index contributed by atoms with van der Waals surface area (Å²) in [5, 5.41) is 0.646. The van der Waals surface area contributed by atoms with Gasteiger partial charge in [0.2, 0.25) is 0 Å².